The Hall–Kier alpha value is 0.200. The van der Waals surface area contributed by atoms with E-state index >= 15 is 0 Å². The predicted molar refractivity (Wildman–Crippen MR) is 47.2 cm³/mol. The summed E-state index contributed by atoms with van der Waals surface area (Å²) in [4.78, 5) is 0. The first kappa shape index (κ1) is 11.2. The minimum absolute atomic E-state index is 0.0825. The minimum atomic E-state index is -3.27. The molecule has 0 spiro atoms. The van der Waals surface area contributed by atoms with Crippen molar-refractivity contribution in [3.05, 3.63) is 0 Å². The van der Waals surface area contributed by atoms with Gasteiger partial charge in [-0.3, -0.25) is 0 Å². The third-order valence-electron chi connectivity index (χ3n) is 1.34. The zero-order valence-corrected chi connectivity index (χ0v) is 8.00. The highest BCUT2D eigenvalue weighted by Crippen LogP contribution is 2.04. The molecule has 0 aromatic carbocycles. The molecule has 3 nitrogen and oxygen atoms in total. The Kier molecular flexibility index (Phi) is 5.91. The number of hydrogen-bond acceptors (Lipinski definition) is 3. The summed E-state index contributed by atoms with van der Waals surface area (Å²) in [7, 11) is 1.72. The molecule has 0 aromatic heterocycles. The van der Waals surface area contributed by atoms with Crippen LogP contribution in [0.15, 0.2) is 0 Å². The third-order valence-corrected chi connectivity index (χ3v) is 2.58. The molecule has 0 saturated heterocycles. The molecule has 68 valence electrons. The summed E-state index contributed by atoms with van der Waals surface area (Å²) in [6.45, 7) is 0.674. The second-order valence-corrected chi connectivity index (χ2v) is 5.34. The largest absolute Gasteiger partial charge is 0.330 e. The number of halogens is 1. The Morgan fingerprint density at radius 3 is 2.09 bits per heavy atom. The number of nitrogens with two attached hydrogens (primary N) is 1. The summed E-state index contributed by atoms with van der Waals surface area (Å²) in [6, 6.07) is 0. The quantitative estimate of drug-likeness (QED) is 0.514. The highest BCUT2D eigenvalue weighted by Gasteiger charge is 2.02. The fourth-order valence-electron chi connectivity index (χ4n) is 0.772. The van der Waals surface area contributed by atoms with Crippen LogP contribution in [0.1, 0.15) is 25.7 Å². The lowest BCUT2D eigenvalue weighted by Gasteiger charge is -1.96. The second kappa shape index (κ2) is 5.80. The monoisotopic (exact) mass is 199 g/mol. The average molecular weight is 200 g/mol. The van der Waals surface area contributed by atoms with Crippen molar-refractivity contribution >= 4 is 19.7 Å². The highest BCUT2D eigenvalue weighted by molar-refractivity contribution is 8.13. The van der Waals surface area contributed by atoms with E-state index in [1.54, 1.807) is 0 Å². The summed E-state index contributed by atoms with van der Waals surface area (Å²) in [6.07, 6.45) is 3.49. The van der Waals surface area contributed by atoms with Gasteiger partial charge in [0.1, 0.15) is 0 Å². The van der Waals surface area contributed by atoms with Gasteiger partial charge < -0.3 is 5.73 Å². The molecule has 0 aliphatic carbocycles. The summed E-state index contributed by atoms with van der Waals surface area (Å²) >= 11 is 0. The smallest absolute Gasteiger partial charge is 0.232 e. The fraction of sp³-hybridized carbons (Fsp3) is 1.00. The maximum Gasteiger partial charge on any atom is 0.232 e. The molecule has 0 unspecified atom stereocenters. The van der Waals surface area contributed by atoms with E-state index < -0.39 is 9.05 Å². The van der Waals surface area contributed by atoms with E-state index in [1.165, 1.54) is 0 Å². The van der Waals surface area contributed by atoms with Gasteiger partial charge >= 0.3 is 0 Å². The van der Waals surface area contributed by atoms with Gasteiger partial charge in [-0.2, -0.15) is 0 Å². The maximum atomic E-state index is 10.4. The summed E-state index contributed by atoms with van der Waals surface area (Å²) in [5, 5.41) is 0. The molecule has 0 aliphatic heterocycles. The van der Waals surface area contributed by atoms with Crippen LogP contribution in [0.4, 0.5) is 0 Å². The molecule has 0 aromatic rings. The zero-order chi connectivity index (χ0) is 8.74. The molecule has 0 bridgehead atoms. The lowest BCUT2D eigenvalue weighted by molar-refractivity contribution is 0.601. The van der Waals surface area contributed by atoms with E-state index in [-0.39, 0.29) is 5.75 Å². The molecule has 0 atom stereocenters. The first-order valence-electron chi connectivity index (χ1n) is 3.68. The van der Waals surface area contributed by atoms with Crippen molar-refractivity contribution in [1.82, 2.24) is 0 Å². The molecule has 2 N–H and O–H groups in total. The Labute approximate surface area is 72.3 Å². The Balaban J connectivity index is 3.16. The molecule has 0 fully saturated rings. The SMILES string of the molecule is NCCCCCCS(=O)(=O)Cl. The van der Waals surface area contributed by atoms with E-state index in [4.69, 9.17) is 16.4 Å². The molecule has 0 radical (unpaired) electrons. The van der Waals surface area contributed by atoms with Crippen LogP contribution < -0.4 is 5.73 Å². The Bertz CT molecular complexity index is 179. The lowest BCUT2D eigenvalue weighted by atomic mass is 10.2. The van der Waals surface area contributed by atoms with Gasteiger partial charge in [0.05, 0.1) is 5.75 Å². The van der Waals surface area contributed by atoms with Crippen LogP contribution in [0, 0.1) is 0 Å². The van der Waals surface area contributed by atoms with Crippen LogP contribution in [0.2, 0.25) is 0 Å². The van der Waals surface area contributed by atoms with Crippen molar-refractivity contribution in [2.45, 2.75) is 25.7 Å². The molecule has 0 heterocycles. The number of hydrogen-bond donors (Lipinski definition) is 1. The summed E-state index contributed by atoms with van der Waals surface area (Å²) in [5.74, 6) is 0.0825. The van der Waals surface area contributed by atoms with Crippen molar-refractivity contribution in [1.29, 1.82) is 0 Å². The normalized spacial score (nSPS) is 11.8. The Morgan fingerprint density at radius 2 is 1.64 bits per heavy atom. The van der Waals surface area contributed by atoms with Crippen LogP contribution in [0.5, 0.6) is 0 Å². The van der Waals surface area contributed by atoms with Crippen LogP contribution in [0.3, 0.4) is 0 Å². The van der Waals surface area contributed by atoms with Gasteiger partial charge in [0.15, 0.2) is 0 Å². The van der Waals surface area contributed by atoms with Gasteiger partial charge in [-0.15, -0.1) is 0 Å². The van der Waals surface area contributed by atoms with E-state index in [1.807, 2.05) is 0 Å². The number of unbranched alkanes of at least 4 members (excludes halogenated alkanes) is 3. The molecular weight excluding hydrogens is 186 g/mol. The molecule has 0 aliphatic rings. The lowest BCUT2D eigenvalue weighted by Crippen LogP contribution is -2.00. The van der Waals surface area contributed by atoms with Gasteiger partial charge in [-0.05, 0) is 19.4 Å². The second-order valence-electron chi connectivity index (χ2n) is 2.45. The van der Waals surface area contributed by atoms with Crippen molar-refractivity contribution in [3.63, 3.8) is 0 Å². The van der Waals surface area contributed by atoms with E-state index in [0.717, 1.165) is 19.3 Å². The molecule has 5 heteroatoms. The summed E-state index contributed by atoms with van der Waals surface area (Å²) < 4.78 is 20.8. The highest BCUT2D eigenvalue weighted by atomic mass is 35.7. The van der Waals surface area contributed by atoms with Crippen molar-refractivity contribution < 1.29 is 8.42 Å². The van der Waals surface area contributed by atoms with E-state index in [0.29, 0.717) is 13.0 Å². The first-order valence-corrected chi connectivity index (χ1v) is 6.16. The van der Waals surface area contributed by atoms with Gasteiger partial charge in [0, 0.05) is 10.7 Å². The molecular formula is C6H14ClNO2S. The van der Waals surface area contributed by atoms with Crippen LogP contribution in [-0.4, -0.2) is 20.7 Å². The number of rotatable bonds is 6. The third kappa shape index (κ3) is 10.2. The van der Waals surface area contributed by atoms with Crippen LogP contribution in [-0.2, 0) is 9.05 Å². The predicted octanol–water partition coefficient (Wildman–Crippen LogP) is 1.07. The topological polar surface area (TPSA) is 60.2 Å². The molecule has 0 amide bonds. The van der Waals surface area contributed by atoms with Gasteiger partial charge in [-0.1, -0.05) is 12.8 Å². The first-order chi connectivity index (χ1) is 5.06. The molecule has 0 rings (SSSR count). The Morgan fingerprint density at radius 1 is 1.09 bits per heavy atom. The van der Waals surface area contributed by atoms with E-state index in [2.05, 4.69) is 0 Å². The zero-order valence-electron chi connectivity index (χ0n) is 6.42. The van der Waals surface area contributed by atoms with Gasteiger partial charge in [0.25, 0.3) is 0 Å². The van der Waals surface area contributed by atoms with Crippen molar-refractivity contribution in [2.24, 2.45) is 5.73 Å². The van der Waals surface area contributed by atoms with E-state index in [9.17, 15) is 8.42 Å². The average Bonchev–Trinajstić information content (AvgIpc) is 1.85. The van der Waals surface area contributed by atoms with Crippen LogP contribution in [0.25, 0.3) is 0 Å². The van der Waals surface area contributed by atoms with Crippen molar-refractivity contribution in [2.75, 3.05) is 12.3 Å². The maximum absolute atomic E-state index is 10.4. The van der Waals surface area contributed by atoms with Gasteiger partial charge in [0.2, 0.25) is 9.05 Å². The van der Waals surface area contributed by atoms with Crippen molar-refractivity contribution in [3.8, 4) is 0 Å². The fourth-order valence-corrected chi connectivity index (χ4v) is 1.65. The minimum Gasteiger partial charge on any atom is -0.330 e. The standard InChI is InChI=1S/C6H14ClNO2S/c7-11(9,10)6-4-2-1-3-5-8/h1-6,8H2. The molecule has 0 saturated carbocycles. The van der Waals surface area contributed by atoms with Crippen LogP contribution >= 0.6 is 10.7 Å². The van der Waals surface area contributed by atoms with Gasteiger partial charge in [-0.25, -0.2) is 8.42 Å². The summed E-state index contributed by atoms with van der Waals surface area (Å²) in [5.41, 5.74) is 5.25. The molecule has 11 heavy (non-hydrogen) atoms.